The molecule has 1 heterocycles. The van der Waals surface area contributed by atoms with Crippen LogP contribution in [0.25, 0.3) is 10.8 Å². The fourth-order valence-electron chi connectivity index (χ4n) is 5.04. The largest absolute Gasteiger partial charge is 0.416 e. The van der Waals surface area contributed by atoms with Crippen molar-refractivity contribution in [2.45, 2.75) is 76.7 Å². The maximum Gasteiger partial charge on any atom is 0.192 e. The number of hydrogen-bond donors (Lipinski definition) is 0. The molecule has 0 aromatic heterocycles. The molecular formula is C26H40N2OSi. The molecule has 30 heavy (non-hydrogen) atoms. The molecule has 2 aliphatic rings. The summed E-state index contributed by atoms with van der Waals surface area (Å²) in [6.07, 6.45) is 5.37. The van der Waals surface area contributed by atoms with E-state index in [1.807, 2.05) is 0 Å². The molecule has 0 N–H and O–H groups in total. The molecule has 2 aromatic rings. The summed E-state index contributed by atoms with van der Waals surface area (Å²) < 4.78 is 6.52. The molecule has 1 aliphatic carbocycles. The van der Waals surface area contributed by atoms with Gasteiger partial charge in [0.25, 0.3) is 0 Å². The van der Waals surface area contributed by atoms with Gasteiger partial charge in [-0.25, -0.2) is 0 Å². The predicted molar refractivity (Wildman–Crippen MR) is 132 cm³/mol. The highest BCUT2D eigenvalue weighted by Crippen LogP contribution is 2.37. The van der Waals surface area contributed by atoms with Gasteiger partial charge >= 0.3 is 0 Å². The lowest BCUT2D eigenvalue weighted by atomic mass is 9.86. The molecule has 0 amide bonds. The van der Waals surface area contributed by atoms with Crippen molar-refractivity contribution in [2.75, 3.05) is 31.1 Å². The van der Waals surface area contributed by atoms with Crippen LogP contribution in [0.2, 0.25) is 18.1 Å². The van der Waals surface area contributed by atoms with Crippen LogP contribution in [0.4, 0.5) is 5.69 Å². The first-order valence-corrected chi connectivity index (χ1v) is 14.8. The molecule has 0 bridgehead atoms. The van der Waals surface area contributed by atoms with E-state index in [4.69, 9.17) is 4.43 Å². The van der Waals surface area contributed by atoms with Gasteiger partial charge in [0.05, 0.1) is 0 Å². The Morgan fingerprint density at radius 3 is 2.37 bits per heavy atom. The third-order valence-electron chi connectivity index (χ3n) is 7.90. The first kappa shape index (κ1) is 21.9. The minimum atomic E-state index is -1.66. The molecule has 3 nitrogen and oxygen atoms in total. The highest BCUT2D eigenvalue weighted by molar-refractivity contribution is 6.74. The van der Waals surface area contributed by atoms with Gasteiger partial charge in [0, 0.05) is 44.0 Å². The predicted octanol–water partition coefficient (Wildman–Crippen LogP) is 6.29. The smallest absolute Gasteiger partial charge is 0.192 e. The topological polar surface area (TPSA) is 15.7 Å². The first-order valence-electron chi connectivity index (χ1n) is 11.9. The normalized spacial score (nSPS) is 23.6. The van der Waals surface area contributed by atoms with E-state index >= 15 is 0 Å². The third-order valence-corrected chi connectivity index (χ3v) is 12.4. The van der Waals surface area contributed by atoms with E-state index in [0.29, 0.717) is 12.1 Å². The van der Waals surface area contributed by atoms with Gasteiger partial charge in [-0.15, -0.1) is 0 Å². The van der Waals surface area contributed by atoms with Gasteiger partial charge in [-0.3, -0.25) is 4.90 Å². The fraction of sp³-hybridized carbons (Fsp3) is 0.615. The molecule has 4 heteroatoms. The summed E-state index contributed by atoms with van der Waals surface area (Å²) in [6.45, 7) is 16.0. The van der Waals surface area contributed by atoms with Gasteiger partial charge in [-0.2, -0.15) is 0 Å². The number of nitrogens with zero attached hydrogens (tertiary/aromatic N) is 2. The maximum absolute atomic E-state index is 6.52. The number of anilines is 1. The zero-order chi connectivity index (χ0) is 21.4. The molecule has 2 fully saturated rings. The molecule has 4 rings (SSSR count). The van der Waals surface area contributed by atoms with Crippen LogP contribution in [-0.2, 0) is 4.43 Å². The van der Waals surface area contributed by atoms with Gasteiger partial charge in [0.2, 0.25) is 0 Å². The Labute approximate surface area is 184 Å². The lowest BCUT2D eigenvalue weighted by Crippen LogP contribution is -2.61. The number of piperazine rings is 1. The average molecular weight is 425 g/mol. The molecule has 0 radical (unpaired) electrons. The number of fused-ring (bicyclic) bond motifs is 2. The number of hydrogen-bond acceptors (Lipinski definition) is 3. The van der Waals surface area contributed by atoms with Gasteiger partial charge in [-0.1, -0.05) is 63.9 Å². The molecule has 2 aromatic carbocycles. The molecule has 164 valence electrons. The Morgan fingerprint density at radius 1 is 0.933 bits per heavy atom. The van der Waals surface area contributed by atoms with E-state index in [9.17, 15) is 0 Å². The van der Waals surface area contributed by atoms with Crippen LogP contribution in [0.3, 0.4) is 0 Å². The van der Waals surface area contributed by atoms with Crippen molar-refractivity contribution < 1.29 is 4.43 Å². The zero-order valence-electron chi connectivity index (χ0n) is 19.7. The van der Waals surface area contributed by atoms with Crippen LogP contribution in [-0.4, -0.2) is 51.5 Å². The SMILES string of the molecule is CC(C)(C)[Si](C)(C)OCCN1CCN(c2ccc3ccccc3c2)[C@H]2CCCC[C@@H]21. The Hall–Kier alpha value is -1.36. The second-order valence-electron chi connectivity index (χ2n) is 10.8. The molecule has 1 aliphatic heterocycles. The minimum Gasteiger partial charge on any atom is -0.416 e. The van der Waals surface area contributed by atoms with Crippen LogP contribution in [0.5, 0.6) is 0 Å². The van der Waals surface area contributed by atoms with Crippen LogP contribution < -0.4 is 4.90 Å². The average Bonchev–Trinajstić information content (AvgIpc) is 2.72. The third kappa shape index (κ3) is 4.46. The summed E-state index contributed by atoms with van der Waals surface area (Å²) in [5.41, 5.74) is 1.41. The fourth-order valence-corrected chi connectivity index (χ4v) is 6.07. The Morgan fingerprint density at radius 2 is 1.63 bits per heavy atom. The van der Waals surface area contributed by atoms with Crippen molar-refractivity contribution in [3.63, 3.8) is 0 Å². The van der Waals surface area contributed by atoms with Crippen LogP contribution in [0.15, 0.2) is 42.5 Å². The van der Waals surface area contributed by atoms with Crippen LogP contribution in [0.1, 0.15) is 46.5 Å². The Kier molecular flexibility index (Phi) is 6.29. The molecule has 2 atom stereocenters. The quantitative estimate of drug-likeness (QED) is 0.524. The van der Waals surface area contributed by atoms with Crippen molar-refractivity contribution >= 4 is 24.8 Å². The number of rotatable bonds is 5. The van der Waals surface area contributed by atoms with E-state index in [2.05, 4.69) is 86.1 Å². The first-order chi connectivity index (χ1) is 14.3. The highest BCUT2D eigenvalue weighted by atomic mass is 28.4. The highest BCUT2D eigenvalue weighted by Gasteiger charge is 2.40. The lowest BCUT2D eigenvalue weighted by Gasteiger charge is -2.51. The van der Waals surface area contributed by atoms with Crippen molar-refractivity contribution in [2.24, 2.45) is 0 Å². The second kappa shape index (κ2) is 8.64. The molecule has 1 saturated carbocycles. The second-order valence-corrected chi connectivity index (χ2v) is 15.6. The van der Waals surface area contributed by atoms with E-state index in [1.54, 1.807) is 0 Å². The standard InChI is InChI=1S/C26H40N2OSi/c1-26(2,3)30(4,5)29-19-18-27-16-17-28(25-13-9-8-12-24(25)27)23-15-14-21-10-6-7-11-22(21)20-23/h6-7,10-11,14-15,20,24-25H,8-9,12-13,16-19H2,1-5H3/t24-,25-/m0/s1. The van der Waals surface area contributed by atoms with Gasteiger partial charge in [0.1, 0.15) is 0 Å². The molecular weight excluding hydrogens is 384 g/mol. The molecule has 1 saturated heterocycles. The van der Waals surface area contributed by atoms with Crippen molar-refractivity contribution in [1.29, 1.82) is 0 Å². The molecule has 0 spiro atoms. The summed E-state index contributed by atoms with van der Waals surface area (Å²) in [5.74, 6) is 0. The summed E-state index contributed by atoms with van der Waals surface area (Å²) in [4.78, 5) is 5.45. The minimum absolute atomic E-state index is 0.287. The summed E-state index contributed by atoms with van der Waals surface area (Å²) in [7, 11) is -1.66. The van der Waals surface area contributed by atoms with E-state index in [1.165, 1.54) is 42.1 Å². The Bertz CT molecular complexity index is 859. The van der Waals surface area contributed by atoms with Crippen LogP contribution >= 0.6 is 0 Å². The number of benzene rings is 2. The van der Waals surface area contributed by atoms with Crippen molar-refractivity contribution in [3.8, 4) is 0 Å². The maximum atomic E-state index is 6.52. The summed E-state index contributed by atoms with van der Waals surface area (Å²) in [5, 5.41) is 2.98. The Balaban J connectivity index is 1.45. The van der Waals surface area contributed by atoms with Gasteiger partial charge in [-0.05, 0) is 53.9 Å². The van der Waals surface area contributed by atoms with Crippen molar-refractivity contribution in [3.05, 3.63) is 42.5 Å². The van der Waals surface area contributed by atoms with Crippen molar-refractivity contribution in [1.82, 2.24) is 4.90 Å². The van der Waals surface area contributed by atoms with Gasteiger partial charge < -0.3 is 9.33 Å². The summed E-state index contributed by atoms with van der Waals surface area (Å²) in [6, 6.07) is 17.1. The summed E-state index contributed by atoms with van der Waals surface area (Å²) >= 11 is 0. The monoisotopic (exact) mass is 424 g/mol. The van der Waals surface area contributed by atoms with Gasteiger partial charge in [0.15, 0.2) is 8.32 Å². The van der Waals surface area contributed by atoms with E-state index in [-0.39, 0.29) is 5.04 Å². The molecule has 0 unspecified atom stereocenters. The zero-order valence-corrected chi connectivity index (χ0v) is 20.7. The van der Waals surface area contributed by atoms with E-state index < -0.39 is 8.32 Å². The lowest BCUT2D eigenvalue weighted by molar-refractivity contribution is 0.0885. The van der Waals surface area contributed by atoms with E-state index in [0.717, 1.165) is 26.2 Å². The van der Waals surface area contributed by atoms with Crippen LogP contribution in [0, 0.1) is 0 Å².